The molecule has 0 aliphatic carbocycles. The highest BCUT2D eigenvalue weighted by molar-refractivity contribution is 7.88. The smallest absolute Gasteiger partial charge is 0.308 e. The van der Waals surface area contributed by atoms with Gasteiger partial charge in [-0.05, 0) is 74.9 Å². The maximum atomic E-state index is 12.3. The first kappa shape index (κ1) is 29.1. The van der Waals surface area contributed by atoms with Crippen LogP contribution in [-0.2, 0) is 16.4 Å². The molecule has 2 aromatic carbocycles. The van der Waals surface area contributed by atoms with Gasteiger partial charge in [-0.15, -0.1) is 12.4 Å². The van der Waals surface area contributed by atoms with Crippen LogP contribution in [0.4, 0.5) is 16.2 Å². The summed E-state index contributed by atoms with van der Waals surface area (Å²) >= 11 is 0. The monoisotopic (exact) mass is 522 g/mol. The van der Waals surface area contributed by atoms with Crippen molar-refractivity contribution in [3.63, 3.8) is 0 Å². The maximum absolute atomic E-state index is 12.3. The Hall–Kier alpha value is -2.13. The molecule has 0 radical (unpaired) electrons. The number of nitrogens with one attached hydrogen (secondary N) is 2. The molecular weight excluding hydrogens is 484 g/mol. The summed E-state index contributed by atoms with van der Waals surface area (Å²) in [5.41, 5.74) is 2.70. The van der Waals surface area contributed by atoms with Crippen LogP contribution in [0.5, 0.6) is 0 Å². The molecule has 3 rings (SSSR count). The highest BCUT2D eigenvalue weighted by atomic mass is 35.5. The van der Waals surface area contributed by atoms with E-state index < -0.39 is 10.0 Å². The van der Waals surface area contributed by atoms with Crippen molar-refractivity contribution in [1.29, 1.82) is 0 Å². The van der Waals surface area contributed by atoms with Crippen molar-refractivity contribution in [2.24, 2.45) is 5.92 Å². The molecule has 194 valence electrons. The van der Waals surface area contributed by atoms with Gasteiger partial charge in [-0.2, -0.15) is 0 Å². The summed E-state index contributed by atoms with van der Waals surface area (Å²) in [6.07, 6.45) is 5.09. The number of para-hydroxylation sites is 1. The third-order valence-electron chi connectivity index (χ3n) is 6.42. The normalized spacial score (nSPS) is 15.9. The quantitative estimate of drug-likeness (QED) is 0.456. The average molecular weight is 523 g/mol. The summed E-state index contributed by atoms with van der Waals surface area (Å²) in [5.74, 6) is 0.515. The Bertz CT molecular complexity index is 1030. The lowest BCUT2D eigenvalue weighted by molar-refractivity contribution is 0.146. The lowest BCUT2D eigenvalue weighted by Gasteiger charge is -2.36. The number of hydrogen-bond donors (Lipinski definition) is 2. The fourth-order valence-electron chi connectivity index (χ4n) is 4.60. The van der Waals surface area contributed by atoms with Gasteiger partial charge in [-0.25, -0.2) is 17.5 Å². The number of urea groups is 1. The van der Waals surface area contributed by atoms with Crippen molar-refractivity contribution < 1.29 is 13.2 Å². The third kappa shape index (κ3) is 9.44. The van der Waals surface area contributed by atoms with E-state index in [4.69, 9.17) is 0 Å². The molecule has 2 aromatic rings. The van der Waals surface area contributed by atoms with Crippen LogP contribution in [-0.4, -0.2) is 62.1 Å². The standard InChI is InChI=1S/C26H38N4O3S.ClH/c1-4-15-29(20-22-13-16-30(17-14-22)34(3,32)33)21(2)18-23-9-8-12-25(19-23)28-26(31)27-24-10-6-5-7-11-24;/h5-12,19,21-22H,4,13-18,20H2,1-3H3,(H2,27,28,31);1H. The minimum absolute atomic E-state index is 0. The van der Waals surface area contributed by atoms with Crippen molar-refractivity contribution >= 4 is 39.8 Å². The minimum atomic E-state index is -3.09. The van der Waals surface area contributed by atoms with Crippen molar-refractivity contribution in [3.05, 3.63) is 60.2 Å². The predicted molar refractivity (Wildman–Crippen MR) is 147 cm³/mol. The molecule has 1 unspecified atom stereocenters. The SMILES string of the molecule is CCCN(CC1CCN(S(C)(=O)=O)CC1)C(C)Cc1cccc(NC(=O)Nc2ccccc2)c1.Cl. The number of piperidine rings is 1. The molecule has 0 bridgehead atoms. The molecule has 0 spiro atoms. The van der Waals surface area contributed by atoms with Gasteiger partial charge in [0.1, 0.15) is 0 Å². The third-order valence-corrected chi connectivity index (χ3v) is 7.72. The van der Waals surface area contributed by atoms with Crippen LogP contribution in [0.3, 0.4) is 0 Å². The van der Waals surface area contributed by atoms with E-state index in [1.54, 1.807) is 4.31 Å². The zero-order valence-corrected chi connectivity index (χ0v) is 22.6. The first-order valence-electron chi connectivity index (χ1n) is 12.2. The van der Waals surface area contributed by atoms with Gasteiger partial charge in [-0.1, -0.05) is 37.3 Å². The largest absolute Gasteiger partial charge is 0.323 e. The summed E-state index contributed by atoms with van der Waals surface area (Å²) in [7, 11) is -3.09. The first-order valence-corrected chi connectivity index (χ1v) is 14.0. The van der Waals surface area contributed by atoms with E-state index in [0.29, 0.717) is 25.0 Å². The molecule has 1 aliphatic heterocycles. The van der Waals surface area contributed by atoms with Crippen LogP contribution < -0.4 is 10.6 Å². The van der Waals surface area contributed by atoms with Gasteiger partial charge in [0.2, 0.25) is 10.0 Å². The number of carbonyl (C=O) groups excluding carboxylic acids is 1. The number of rotatable bonds is 10. The molecule has 9 heteroatoms. The Kier molecular flexibility index (Phi) is 11.5. The van der Waals surface area contributed by atoms with Gasteiger partial charge in [0.25, 0.3) is 0 Å². The molecule has 2 amide bonds. The van der Waals surface area contributed by atoms with Crippen LogP contribution in [0.15, 0.2) is 54.6 Å². The maximum Gasteiger partial charge on any atom is 0.323 e. The lowest BCUT2D eigenvalue weighted by Crippen LogP contribution is -2.44. The van der Waals surface area contributed by atoms with Crippen LogP contribution in [0, 0.1) is 5.92 Å². The molecular formula is C26H39ClN4O3S. The second-order valence-electron chi connectivity index (χ2n) is 9.30. The molecule has 1 atom stereocenters. The molecule has 0 aromatic heterocycles. The number of anilines is 2. The molecule has 1 aliphatic rings. The Morgan fingerprint density at radius 3 is 2.31 bits per heavy atom. The van der Waals surface area contributed by atoms with Crippen molar-refractivity contribution in [3.8, 4) is 0 Å². The van der Waals surface area contributed by atoms with E-state index in [2.05, 4.69) is 35.4 Å². The Morgan fingerprint density at radius 2 is 1.69 bits per heavy atom. The van der Waals surface area contributed by atoms with Crippen LogP contribution in [0.2, 0.25) is 0 Å². The number of amides is 2. The van der Waals surface area contributed by atoms with Gasteiger partial charge >= 0.3 is 6.03 Å². The summed E-state index contributed by atoms with van der Waals surface area (Å²) in [5, 5.41) is 5.77. The van der Waals surface area contributed by atoms with Gasteiger partial charge in [0, 0.05) is 37.1 Å². The van der Waals surface area contributed by atoms with Crippen LogP contribution in [0.1, 0.15) is 38.7 Å². The summed E-state index contributed by atoms with van der Waals surface area (Å²) in [4.78, 5) is 14.9. The molecule has 1 heterocycles. The average Bonchev–Trinajstić information content (AvgIpc) is 2.79. The molecule has 1 saturated heterocycles. The highest BCUT2D eigenvalue weighted by Gasteiger charge is 2.27. The topological polar surface area (TPSA) is 81.8 Å². The second kappa shape index (κ2) is 13.8. The van der Waals surface area contributed by atoms with E-state index in [1.807, 2.05) is 48.5 Å². The number of hydrogen-bond acceptors (Lipinski definition) is 4. The van der Waals surface area contributed by atoms with E-state index >= 15 is 0 Å². The van der Waals surface area contributed by atoms with E-state index in [-0.39, 0.29) is 18.4 Å². The summed E-state index contributed by atoms with van der Waals surface area (Å²) in [6.45, 7) is 7.70. The first-order chi connectivity index (χ1) is 16.2. The van der Waals surface area contributed by atoms with Crippen molar-refractivity contribution in [2.75, 3.05) is 43.1 Å². The second-order valence-corrected chi connectivity index (χ2v) is 11.3. The number of sulfonamides is 1. The Morgan fingerprint density at radius 1 is 1.06 bits per heavy atom. The van der Waals surface area contributed by atoms with Gasteiger partial charge in [0.05, 0.1) is 6.26 Å². The van der Waals surface area contributed by atoms with Gasteiger partial charge < -0.3 is 15.5 Å². The lowest BCUT2D eigenvalue weighted by atomic mass is 9.96. The molecule has 1 fully saturated rings. The van der Waals surface area contributed by atoms with E-state index in [1.165, 1.54) is 11.8 Å². The van der Waals surface area contributed by atoms with E-state index in [9.17, 15) is 13.2 Å². The minimum Gasteiger partial charge on any atom is -0.308 e. The number of carbonyl (C=O) groups is 1. The molecule has 35 heavy (non-hydrogen) atoms. The van der Waals surface area contributed by atoms with Gasteiger partial charge in [0.15, 0.2) is 0 Å². The number of halogens is 1. The van der Waals surface area contributed by atoms with Gasteiger partial charge in [-0.3, -0.25) is 0 Å². The molecule has 0 saturated carbocycles. The Labute approximate surface area is 216 Å². The number of benzene rings is 2. The fourth-order valence-corrected chi connectivity index (χ4v) is 5.47. The zero-order valence-electron chi connectivity index (χ0n) is 20.9. The van der Waals surface area contributed by atoms with Crippen LogP contribution >= 0.6 is 12.4 Å². The summed E-state index contributed by atoms with van der Waals surface area (Å²) in [6, 6.07) is 17.5. The number of nitrogens with zero attached hydrogens (tertiary/aromatic N) is 2. The van der Waals surface area contributed by atoms with Crippen molar-refractivity contribution in [1.82, 2.24) is 9.21 Å². The van der Waals surface area contributed by atoms with Crippen LogP contribution in [0.25, 0.3) is 0 Å². The van der Waals surface area contributed by atoms with Crippen molar-refractivity contribution in [2.45, 2.75) is 45.6 Å². The molecule has 7 nitrogen and oxygen atoms in total. The zero-order chi connectivity index (χ0) is 24.6. The highest BCUT2D eigenvalue weighted by Crippen LogP contribution is 2.22. The van der Waals surface area contributed by atoms with E-state index in [0.717, 1.165) is 50.1 Å². The molecule has 2 N–H and O–H groups in total. The Balaban J connectivity index is 0.00000432. The fraction of sp³-hybridized carbons (Fsp3) is 0.500. The summed E-state index contributed by atoms with van der Waals surface area (Å²) < 4.78 is 25.2. The predicted octanol–water partition coefficient (Wildman–Crippen LogP) is 5.07.